The Bertz CT molecular complexity index is 482. The van der Waals surface area contributed by atoms with Crippen molar-refractivity contribution in [2.75, 3.05) is 11.6 Å². The number of nitrogens with one attached hydrogen (secondary N) is 1. The lowest BCUT2D eigenvalue weighted by Crippen LogP contribution is -2.02. The van der Waals surface area contributed by atoms with Crippen LogP contribution in [0.25, 0.3) is 0 Å². The van der Waals surface area contributed by atoms with E-state index in [1.807, 2.05) is 13.0 Å². The summed E-state index contributed by atoms with van der Waals surface area (Å²) in [6.45, 7) is 2.62. The maximum Gasteiger partial charge on any atom is 0.125 e. The zero-order valence-corrected chi connectivity index (χ0v) is 10.8. The molecule has 17 heavy (non-hydrogen) atoms. The van der Waals surface area contributed by atoms with Gasteiger partial charge in [-0.1, -0.05) is 0 Å². The molecule has 0 bridgehead atoms. The fourth-order valence-electron chi connectivity index (χ4n) is 1.51. The summed E-state index contributed by atoms with van der Waals surface area (Å²) in [6, 6.07) is 10.3. The molecular weight excluding hydrogens is 230 g/mol. The van der Waals surface area contributed by atoms with Crippen LogP contribution in [0.3, 0.4) is 0 Å². The lowest BCUT2D eigenvalue weighted by atomic mass is 10.3. The molecule has 88 valence electrons. The first-order chi connectivity index (χ1) is 8.28. The van der Waals surface area contributed by atoms with Crippen molar-refractivity contribution in [3.05, 3.63) is 48.0 Å². The number of hydrogen-bond donors (Lipinski definition) is 1. The van der Waals surface area contributed by atoms with Crippen LogP contribution in [0.5, 0.6) is 0 Å². The van der Waals surface area contributed by atoms with E-state index in [2.05, 4.69) is 45.8 Å². The molecule has 1 aromatic heterocycles. The van der Waals surface area contributed by atoms with Crippen molar-refractivity contribution in [3.8, 4) is 0 Å². The van der Waals surface area contributed by atoms with E-state index in [0.717, 1.165) is 23.8 Å². The molecule has 0 spiro atoms. The number of benzene rings is 1. The standard InChI is InChI=1S/C13H15N3S/c1-10-14-8-7-12(16-10)9-15-11-3-5-13(17-2)6-4-11/h3-8,15H,9H2,1-2H3. The zero-order chi connectivity index (χ0) is 12.1. The minimum Gasteiger partial charge on any atom is -0.379 e. The molecule has 0 aliphatic heterocycles. The minimum atomic E-state index is 0.724. The number of nitrogens with zero attached hydrogens (tertiary/aromatic N) is 2. The lowest BCUT2D eigenvalue weighted by Gasteiger charge is -2.06. The fraction of sp³-hybridized carbons (Fsp3) is 0.231. The maximum atomic E-state index is 4.34. The second-order valence-corrected chi connectivity index (χ2v) is 4.56. The summed E-state index contributed by atoms with van der Waals surface area (Å²) >= 11 is 1.75. The van der Waals surface area contributed by atoms with E-state index in [0.29, 0.717) is 0 Å². The molecule has 0 radical (unpaired) electrons. The minimum absolute atomic E-state index is 0.724. The van der Waals surface area contributed by atoms with Crippen LogP contribution in [0.1, 0.15) is 11.5 Å². The largest absolute Gasteiger partial charge is 0.379 e. The number of aromatic nitrogens is 2. The Labute approximate surface area is 106 Å². The molecule has 0 unspecified atom stereocenters. The van der Waals surface area contributed by atoms with Crippen LogP contribution in [-0.4, -0.2) is 16.2 Å². The van der Waals surface area contributed by atoms with Crippen molar-refractivity contribution in [2.45, 2.75) is 18.4 Å². The third-order valence-electron chi connectivity index (χ3n) is 2.40. The SMILES string of the molecule is CSc1ccc(NCc2ccnc(C)n2)cc1. The maximum absolute atomic E-state index is 4.34. The normalized spacial score (nSPS) is 10.2. The van der Waals surface area contributed by atoms with Crippen LogP contribution < -0.4 is 5.32 Å². The number of thioether (sulfide) groups is 1. The van der Waals surface area contributed by atoms with Crippen molar-refractivity contribution < 1.29 is 0 Å². The van der Waals surface area contributed by atoms with Crippen LogP contribution in [0.2, 0.25) is 0 Å². The van der Waals surface area contributed by atoms with Gasteiger partial charge in [-0.25, -0.2) is 9.97 Å². The van der Waals surface area contributed by atoms with Gasteiger partial charge in [0.25, 0.3) is 0 Å². The van der Waals surface area contributed by atoms with Crippen LogP contribution >= 0.6 is 11.8 Å². The molecule has 3 nitrogen and oxygen atoms in total. The molecule has 1 N–H and O–H groups in total. The van der Waals surface area contributed by atoms with E-state index in [-0.39, 0.29) is 0 Å². The number of hydrogen-bond acceptors (Lipinski definition) is 4. The number of aryl methyl sites for hydroxylation is 1. The Kier molecular flexibility index (Phi) is 3.98. The van der Waals surface area contributed by atoms with Gasteiger partial charge in [0.2, 0.25) is 0 Å². The summed E-state index contributed by atoms with van der Waals surface area (Å²) in [5, 5.41) is 3.34. The highest BCUT2D eigenvalue weighted by Gasteiger charge is 1.96. The highest BCUT2D eigenvalue weighted by Crippen LogP contribution is 2.17. The molecule has 0 atom stereocenters. The Hall–Kier alpha value is -1.55. The van der Waals surface area contributed by atoms with Crippen LogP contribution in [0.4, 0.5) is 5.69 Å². The Morgan fingerprint density at radius 2 is 1.94 bits per heavy atom. The summed E-state index contributed by atoms with van der Waals surface area (Å²) in [4.78, 5) is 9.69. The van der Waals surface area contributed by atoms with Crippen molar-refractivity contribution in [2.24, 2.45) is 0 Å². The third kappa shape index (κ3) is 3.46. The van der Waals surface area contributed by atoms with Crippen LogP contribution in [-0.2, 0) is 6.54 Å². The van der Waals surface area contributed by atoms with E-state index in [4.69, 9.17) is 0 Å². The second kappa shape index (κ2) is 5.68. The predicted molar refractivity (Wildman–Crippen MR) is 72.3 cm³/mol. The van der Waals surface area contributed by atoms with Gasteiger partial charge in [-0.3, -0.25) is 0 Å². The van der Waals surface area contributed by atoms with Gasteiger partial charge >= 0.3 is 0 Å². The van der Waals surface area contributed by atoms with Crippen molar-refractivity contribution in [1.29, 1.82) is 0 Å². The molecule has 0 saturated carbocycles. The van der Waals surface area contributed by atoms with E-state index >= 15 is 0 Å². The summed E-state index contributed by atoms with van der Waals surface area (Å²) in [5.74, 6) is 0.807. The molecule has 0 amide bonds. The molecule has 4 heteroatoms. The molecule has 0 aliphatic carbocycles. The van der Waals surface area contributed by atoms with E-state index in [9.17, 15) is 0 Å². The van der Waals surface area contributed by atoms with Gasteiger partial charge in [-0.2, -0.15) is 0 Å². The van der Waals surface area contributed by atoms with Crippen molar-refractivity contribution in [1.82, 2.24) is 9.97 Å². The Morgan fingerprint density at radius 3 is 2.59 bits per heavy atom. The first-order valence-corrected chi connectivity index (χ1v) is 6.67. The summed E-state index contributed by atoms with van der Waals surface area (Å²) in [6.07, 6.45) is 3.86. The van der Waals surface area contributed by atoms with Gasteiger partial charge in [-0.15, -0.1) is 11.8 Å². The number of anilines is 1. The van der Waals surface area contributed by atoms with Crippen LogP contribution in [0.15, 0.2) is 41.4 Å². The van der Waals surface area contributed by atoms with Crippen molar-refractivity contribution in [3.63, 3.8) is 0 Å². The number of rotatable bonds is 4. The van der Waals surface area contributed by atoms with Crippen molar-refractivity contribution >= 4 is 17.4 Å². The average molecular weight is 245 g/mol. The first kappa shape index (κ1) is 11.9. The van der Waals surface area contributed by atoms with Gasteiger partial charge < -0.3 is 5.32 Å². The highest BCUT2D eigenvalue weighted by molar-refractivity contribution is 7.98. The molecule has 1 aromatic carbocycles. The quantitative estimate of drug-likeness (QED) is 0.840. The monoisotopic (exact) mass is 245 g/mol. The molecule has 0 aliphatic rings. The van der Waals surface area contributed by atoms with Crippen LogP contribution in [0, 0.1) is 6.92 Å². The van der Waals surface area contributed by atoms with Gasteiger partial charge in [0.15, 0.2) is 0 Å². The molecular formula is C13H15N3S. The third-order valence-corrected chi connectivity index (χ3v) is 3.14. The molecule has 2 aromatic rings. The summed E-state index contributed by atoms with van der Waals surface area (Å²) in [7, 11) is 0. The topological polar surface area (TPSA) is 37.8 Å². The van der Waals surface area contributed by atoms with Gasteiger partial charge in [-0.05, 0) is 43.5 Å². The lowest BCUT2D eigenvalue weighted by molar-refractivity contribution is 0.955. The molecule has 0 saturated heterocycles. The molecule has 2 rings (SSSR count). The molecule has 0 fully saturated rings. The predicted octanol–water partition coefficient (Wildman–Crippen LogP) is 3.12. The fourth-order valence-corrected chi connectivity index (χ4v) is 1.91. The Morgan fingerprint density at radius 1 is 1.18 bits per heavy atom. The van der Waals surface area contributed by atoms with E-state index < -0.39 is 0 Å². The summed E-state index contributed by atoms with van der Waals surface area (Å²) in [5.41, 5.74) is 2.12. The van der Waals surface area contributed by atoms with E-state index in [1.165, 1.54) is 4.90 Å². The second-order valence-electron chi connectivity index (χ2n) is 3.68. The van der Waals surface area contributed by atoms with E-state index in [1.54, 1.807) is 18.0 Å². The molecule has 1 heterocycles. The van der Waals surface area contributed by atoms with Gasteiger partial charge in [0.05, 0.1) is 12.2 Å². The average Bonchev–Trinajstić information content (AvgIpc) is 2.37. The smallest absolute Gasteiger partial charge is 0.125 e. The first-order valence-electron chi connectivity index (χ1n) is 5.44. The zero-order valence-electron chi connectivity index (χ0n) is 9.97. The van der Waals surface area contributed by atoms with Gasteiger partial charge in [0.1, 0.15) is 5.82 Å². The Balaban J connectivity index is 1.97. The summed E-state index contributed by atoms with van der Waals surface area (Å²) < 4.78 is 0. The van der Waals surface area contributed by atoms with Gasteiger partial charge in [0, 0.05) is 16.8 Å². The highest BCUT2D eigenvalue weighted by atomic mass is 32.2.